The van der Waals surface area contributed by atoms with Crippen LogP contribution < -0.4 is 21.6 Å². The maximum atomic E-state index is 12.0. The lowest BCUT2D eigenvalue weighted by Gasteiger charge is -2.23. The van der Waals surface area contributed by atoms with Gasteiger partial charge in [-0.2, -0.15) is 0 Å². The minimum Gasteiger partial charge on any atom is -0.489 e. The van der Waals surface area contributed by atoms with Gasteiger partial charge in [0.15, 0.2) is 5.82 Å². The summed E-state index contributed by atoms with van der Waals surface area (Å²) in [6, 6.07) is 3.59. The van der Waals surface area contributed by atoms with Gasteiger partial charge in [-0.1, -0.05) is 6.42 Å². The molecule has 0 aromatic carbocycles. The fourth-order valence-electron chi connectivity index (χ4n) is 3.06. The van der Waals surface area contributed by atoms with Crippen molar-refractivity contribution in [2.24, 2.45) is 17.5 Å². The average molecular weight is 375 g/mol. The number of hydrazine groups is 1. The quantitative estimate of drug-likeness (QED) is 0.495. The molecule has 5 N–H and O–H groups in total. The summed E-state index contributed by atoms with van der Waals surface area (Å²) in [5.41, 5.74) is 6.93. The van der Waals surface area contributed by atoms with E-state index in [-0.39, 0.29) is 17.6 Å². The molecule has 0 spiro atoms. The van der Waals surface area contributed by atoms with Crippen molar-refractivity contribution in [3.8, 4) is 5.75 Å². The summed E-state index contributed by atoms with van der Waals surface area (Å²) in [6.45, 7) is 0.415. The van der Waals surface area contributed by atoms with Crippen molar-refractivity contribution in [2.45, 2.75) is 51.0 Å². The van der Waals surface area contributed by atoms with E-state index in [9.17, 15) is 4.79 Å². The van der Waals surface area contributed by atoms with Crippen LogP contribution in [0.25, 0.3) is 5.70 Å². The van der Waals surface area contributed by atoms with Gasteiger partial charge in [-0.15, -0.1) is 0 Å². The average Bonchev–Trinajstić information content (AvgIpc) is 3.50. The molecule has 2 aliphatic carbocycles. The number of aromatic nitrogens is 1. The molecule has 8 nitrogen and oxygen atoms in total. The van der Waals surface area contributed by atoms with Gasteiger partial charge in [0.2, 0.25) is 0 Å². The molecule has 0 radical (unpaired) electrons. The monoisotopic (exact) mass is 375 g/mol. The van der Waals surface area contributed by atoms with E-state index >= 15 is 0 Å². The number of amides is 1. The molecular weight excluding hydrogens is 346 g/mol. The molecule has 0 aliphatic heterocycles. The third kappa shape index (κ3) is 5.75. The van der Waals surface area contributed by atoms with Crippen LogP contribution in [0, 0.1) is 5.92 Å². The standard InChI is InChI=1S/C19H29N5O3/c1-24(21)18(23-19(25)26-12-13-7-8-13)17(20)16-10-9-15(11-22-16)27-14-5-3-2-4-6-14/h9-11,13-14H,2-8,12,20-21H2,1H3,(H,23,25)/b18-17-. The zero-order valence-electron chi connectivity index (χ0n) is 15.8. The molecule has 0 saturated heterocycles. The number of carbonyl (C=O) groups excluding carboxylic acids is 1. The third-order valence-electron chi connectivity index (χ3n) is 4.84. The van der Waals surface area contributed by atoms with Crippen molar-refractivity contribution in [3.05, 3.63) is 29.8 Å². The smallest absolute Gasteiger partial charge is 0.412 e. The Hall–Kier alpha value is -2.48. The van der Waals surface area contributed by atoms with Gasteiger partial charge in [-0.05, 0) is 56.6 Å². The first-order chi connectivity index (χ1) is 13.0. The van der Waals surface area contributed by atoms with Crippen molar-refractivity contribution >= 4 is 11.8 Å². The summed E-state index contributed by atoms with van der Waals surface area (Å²) >= 11 is 0. The molecule has 1 aromatic rings. The molecule has 1 aromatic heterocycles. The van der Waals surface area contributed by atoms with Crippen molar-refractivity contribution in [1.82, 2.24) is 15.3 Å². The zero-order valence-corrected chi connectivity index (χ0v) is 15.8. The highest BCUT2D eigenvalue weighted by Crippen LogP contribution is 2.28. The topological polar surface area (TPSA) is 116 Å². The van der Waals surface area contributed by atoms with Crippen LogP contribution >= 0.6 is 0 Å². The first kappa shape index (κ1) is 19.3. The van der Waals surface area contributed by atoms with Gasteiger partial charge in [0.1, 0.15) is 11.4 Å². The molecule has 1 heterocycles. The molecule has 0 bridgehead atoms. The molecule has 2 fully saturated rings. The summed E-state index contributed by atoms with van der Waals surface area (Å²) in [5, 5.41) is 3.84. The van der Waals surface area contributed by atoms with E-state index in [1.807, 2.05) is 6.07 Å². The van der Waals surface area contributed by atoms with Crippen LogP contribution in [0.3, 0.4) is 0 Å². The molecule has 148 valence electrons. The van der Waals surface area contributed by atoms with Gasteiger partial charge in [-0.3, -0.25) is 15.3 Å². The van der Waals surface area contributed by atoms with Crippen molar-refractivity contribution in [2.75, 3.05) is 13.7 Å². The molecule has 2 aliphatic rings. The number of nitrogens with zero attached hydrogens (tertiary/aromatic N) is 2. The van der Waals surface area contributed by atoms with Crippen LogP contribution in [-0.4, -0.2) is 35.8 Å². The van der Waals surface area contributed by atoms with Gasteiger partial charge in [-0.25, -0.2) is 10.6 Å². The Kier molecular flexibility index (Phi) is 6.39. The van der Waals surface area contributed by atoms with E-state index < -0.39 is 6.09 Å². The highest BCUT2D eigenvalue weighted by molar-refractivity contribution is 5.74. The molecule has 3 rings (SSSR count). The molecule has 1 amide bonds. The summed E-state index contributed by atoms with van der Waals surface area (Å²) in [5.74, 6) is 7.26. The van der Waals surface area contributed by atoms with Crippen LogP contribution in [0.4, 0.5) is 4.79 Å². The minimum atomic E-state index is -0.575. The molecule has 2 saturated carbocycles. The van der Waals surface area contributed by atoms with Crippen molar-refractivity contribution in [3.63, 3.8) is 0 Å². The lowest BCUT2D eigenvalue weighted by molar-refractivity contribution is 0.141. The second kappa shape index (κ2) is 8.94. The van der Waals surface area contributed by atoms with E-state index in [4.69, 9.17) is 21.1 Å². The third-order valence-corrected chi connectivity index (χ3v) is 4.84. The normalized spacial score (nSPS) is 18.4. The predicted octanol–water partition coefficient (Wildman–Crippen LogP) is 2.32. The molecule has 27 heavy (non-hydrogen) atoms. The maximum Gasteiger partial charge on any atom is 0.412 e. The lowest BCUT2D eigenvalue weighted by atomic mass is 9.98. The van der Waals surface area contributed by atoms with E-state index in [1.54, 1.807) is 19.3 Å². The maximum absolute atomic E-state index is 12.0. The highest BCUT2D eigenvalue weighted by atomic mass is 16.5. The van der Waals surface area contributed by atoms with Crippen molar-refractivity contribution < 1.29 is 14.3 Å². The number of carbonyl (C=O) groups is 1. The Morgan fingerprint density at radius 2 is 2.00 bits per heavy atom. The van der Waals surface area contributed by atoms with Crippen LogP contribution in [0.5, 0.6) is 5.75 Å². The van der Waals surface area contributed by atoms with Crippen LogP contribution in [-0.2, 0) is 4.74 Å². The molecule has 0 atom stereocenters. The fraction of sp³-hybridized carbons (Fsp3) is 0.579. The number of hydrogen-bond acceptors (Lipinski definition) is 7. The molecule has 0 unspecified atom stereocenters. The van der Waals surface area contributed by atoms with Crippen LogP contribution in [0.15, 0.2) is 24.2 Å². The Balaban J connectivity index is 1.63. The number of rotatable bonds is 7. The zero-order chi connectivity index (χ0) is 19.2. The number of nitrogens with one attached hydrogen (secondary N) is 1. The lowest BCUT2D eigenvalue weighted by Crippen LogP contribution is -2.39. The number of nitrogens with two attached hydrogens (primary N) is 2. The number of hydrogen-bond donors (Lipinski definition) is 3. The number of ether oxygens (including phenoxy) is 2. The van der Waals surface area contributed by atoms with E-state index in [0.717, 1.165) is 31.4 Å². The van der Waals surface area contributed by atoms with Crippen LogP contribution in [0.2, 0.25) is 0 Å². The summed E-state index contributed by atoms with van der Waals surface area (Å²) in [4.78, 5) is 16.3. The minimum absolute atomic E-state index is 0.240. The first-order valence-electron chi connectivity index (χ1n) is 9.58. The summed E-state index contributed by atoms with van der Waals surface area (Å²) < 4.78 is 11.2. The second-order valence-corrected chi connectivity index (χ2v) is 7.30. The molecular formula is C19H29N5O3. The van der Waals surface area contributed by atoms with Gasteiger partial charge >= 0.3 is 6.09 Å². The van der Waals surface area contributed by atoms with E-state index in [0.29, 0.717) is 18.2 Å². The largest absolute Gasteiger partial charge is 0.489 e. The van der Waals surface area contributed by atoms with E-state index in [1.165, 1.54) is 24.3 Å². The fourth-order valence-corrected chi connectivity index (χ4v) is 3.06. The Bertz CT molecular complexity index is 664. The number of pyridine rings is 1. The second-order valence-electron chi connectivity index (χ2n) is 7.30. The van der Waals surface area contributed by atoms with E-state index in [2.05, 4.69) is 10.3 Å². The number of alkyl carbamates (subject to hydrolysis) is 1. The SMILES string of the molecule is CN(N)/C(NC(=O)OCC1CC1)=C(\N)c1ccc(OC2CCCCC2)cn1. The predicted molar refractivity (Wildman–Crippen MR) is 102 cm³/mol. The summed E-state index contributed by atoms with van der Waals surface area (Å²) in [7, 11) is 1.59. The van der Waals surface area contributed by atoms with Crippen LogP contribution in [0.1, 0.15) is 50.6 Å². The first-order valence-corrected chi connectivity index (χ1v) is 9.58. The Labute approximate surface area is 159 Å². The highest BCUT2D eigenvalue weighted by Gasteiger charge is 2.24. The Morgan fingerprint density at radius 1 is 1.26 bits per heavy atom. The van der Waals surface area contributed by atoms with Gasteiger partial charge in [0, 0.05) is 7.05 Å². The van der Waals surface area contributed by atoms with Crippen molar-refractivity contribution in [1.29, 1.82) is 0 Å². The van der Waals surface area contributed by atoms with Gasteiger partial charge in [0.05, 0.1) is 24.6 Å². The van der Waals surface area contributed by atoms with Gasteiger partial charge < -0.3 is 15.2 Å². The van der Waals surface area contributed by atoms with Gasteiger partial charge in [0.25, 0.3) is 0 Å². The molecule has 8 heteroatoms. The summed E-state index contributed by atoms with van der Waals surface area (Å²) in [6.07, 6.45) is 9.41. The Morgan fingerprint density at radius 3 is 2.59 bits per heavy atom.